The normalized spacial score (nSPS) is 32.4. The minimum Gasteiger partial charge on any atom is -0.493 e. The van der Waals surface area contributed by atoms with Gasteiger partial charge in [0.15, 0.2) is 17.3 Å². The van der Waals surface area contributed by atoms with Crippen molar-refractivity contribution < 1.29 is 22.1 Å². The smallest absolute Gasteiger partial charge is 0.380 e. The molecule has 0 bridgehead atoms. The number of hydrogen-bond donors (Lipinski definition) is 1. The summed E-state index contributed by atoms with van der Waals surface area (Å²) in [5.41, 5.74) is 1.93. The van der Waals surface area contributed by atoms with Gasteiger partial charge in [-0.2, -0.15) is 13.6 Å². The average molecular weight is 394 g/mol. The minimum absolute atomic E-state index is 0.0230. The highest BCUT2D eigenvalue weighted by atomic mass is 32.2. The Morgan fingerprint density at radius 1 is 1.22 bits per heavy atom. The van der Waals surface area contributed by atoms with Crippen LogP contribution >= 0.6 is 0 Å². The van der Waals surface area contributed by atoms with Gasteiger partial charge >= 0.3 is 10.3 Å². The Labute approximate surface area is 160 Å². The molecular formula is C20H27NO5S. The minimum atomic E-state index is -4.19. The molecule has 0 heterocycles. The molecule has 0 spiro atoms. The Kier molecular flexibility index (Phi) is 4.50. The zero-order valence-electron chi connectivity index (χ0n) is 15.9. The lowest BCUT2D eigenvalue weighted by molar-refractivity contribution is 0.0384. The SMILES string of the molecule is CC[C@@]12CCC[C@H]1[C@@H]1CC(=O)c3cc(OS(N)(=O)=O)c(OC)cc3[C@H]1CC2. The summed E-state index contributed by atoms with van der Waals surface area (Å²) in [4.78, 5) is 13.0. The molecule has 1 aromatic rings. The van der Waals surface area contributed by atoms with Crippen molar-refractivity contribution >= 4 is 16.1 Å². The molecule has 4 rings (SSSR count). The van der Waals surface area contributed by atoms with E-state index in [4.69, 9.17) is 14.1 Å². The van der Waals surface area contributed by atoms with Crippen molar-refractivity contribution in [3.05, 3.63) is 23.3 Å². The van der Waals surface area contributed by atoms with E-state index in [9.17, 15) is 13.2 Å². The number of methoxy groups -OCH3 is 1. The fourth-order valence-electron chi connectivity index (χ4n) is 6.17. The summed E-state index contributed by atoms with van der Waals surface area (Å²) in [6, 6.07) is 3.28. The van der Waals surface area contributed by atoms with Crippen LogP contribution in [0.4, 0.5) is 0 Å². The van der Waals surface area contributed by atoms with E-state index >= 15 is 0 Å². The third kappa shape index (κ3) is 3.05. The third-order valence-corrected chi connectivity index (χ3v) is 7.74. The molecule has 2 saturated carbocycles. The number of ether oxygens (including phenoxy) is 1. The summed E-state index contributed by atoms with van der Waals surface area (Å²) < 4.78 is 32.9. The van der Waals surface area contributed by atoms with Crippen LogP contribution in [0.3, 0.4) is 0 Å². The Bertz CT molecular complexity index is 881. The summed E-state index contributed by atoms with van der Waals surface area (Å²) in [5, 5.41) is 5.01. The van der Waals surface area contributed by atoms with Gasteiger partial charge in [-0.1, -0.05) is 19.8 Å². The Hall–Kier alpha value is -1.60. The van der Waals surface area contributed by atoms with Crippen molar-refractivity contribution in [2.24, 2.45) is 22.4 Å². The van der Waals surface area contributed by atoms with Crippen LogP contribution in [0, 0.1) is 17.3 Å². The zero-order valence-corrected chi connectivity index (χ0v) is 16.7. The first-order valence-corrected chi connectivity index (χ1v) is 11.2. The van der Waals surface area contributed by atoms with E-state index in [-0.39, 0.29) is 11.5 Å². The number of ketones is 1. The number of Topliss-reactive ketones (excluding diaryl/α,β-unsaturated/α-hetero) is 1. The van der Waals surface area contributed by atoms with Gasteiger partial charge in [-0.3, -0.25) is 4.79 Å². The molecule has 0 radical (unpaired) electrons. The first kappa shape index (κ1) is 18.7. The molecule has 2 N–H and O–H groups in total. The maximum absolute atomic E-state index is 13.0. The second-order valence-corrected chi connectivity index (χ2v) is 9.47. The van der Waals surface area contributed by atoms with E-state index < -0.39 is 10.3 Å². The number of carbonyl (C=O) groups excluding carboxylic acids is 1. The van der Waals surface area contributed by atoms with Gasteiger partial charge in [0.25, 0.3) is 0 Å². The molecule has 7 heteroatoms. The van der Waals surface area contributed by atoms with Crippen LogP contribution in [0.15, 0.2) is 12.1 Å². The molecular weight excluding hydrogens is 366 g/mol. The summed E-state index contributed by atoms with van der Waals surface area (Å²) in [7, 11) is -2.73. The van der Waals surface area contributed by atoms with E-state index in [0.717, 1.165) is 12.0 Å². The quantitative estimate of drug-likeness (QED) is 0.844. The van der Waals surface area contributed by atoms with E-state index in [1.165, 1.54) is 45.3 Å². The van der Waals surface area contributed by atoms with Crippen LogP contribution in [0.1, 0.15) is 73.7 Å². The predicted molar refractivity (Wildman–Crippen MR) is 101 cm³/mol. The van der Waals surface area contributed by atoms with Crippen LogP contribution in [-0.2, 0) is 10.3 Å². The fourth-order valence-corrected chi connectivity index (χ4v) is 6.55. The Morgan fingerprint density at radius 2 is 2.00 bits per heavy atom. The monoisotopic (exact) mass is 393 g/mol. The second-order valence-electron chi connectivity index (χ2n) is 8.32. The Morgan fingerprint density at radius 3 is 2.67 bits per heavy atom. The lowest BCUT2D eigenvalue weighted by Crippen LogP contribution is -2.42. The molecule has 0 amide bonds. The van der Waals surface area contributed by atoms with Gasteiger partial charge in [0.1, 0.15) is 0 Å². The average Bonchev–Trinajstić information content (AvgIpc) is 3.05. The molecule has 0 unspecified atom stereocenters. The molecule has 0 aromatic heterocycles. The van der Waals surface area contributed by atoms with Gasteiger partial charge in [0.2, 0.25) is 0 Å². The summed E-state index contributed by atoms with van der Waals surface area (Å²) in [5.74, 6) is 1.63. The van der Waals surface area contributed by atoms with Crippen LogP contribution in [-0.4, -0.2) is 21.3 Å². The molecule has 27 heavy (non-hydrogen) atoms. The zero-order chi connectivity index (χ0) is 19.4. The fraction of sp³-hybridized carbons (Fsp3) is 0.650. The van der Waals surface area contributed by atoms with Crippen LogP contribution in [0.25, 0.3) is 0 Å². The molecule has 3 aliphatic rings. The van der Waals surface area contributed by atoms with Crippen LogP contribution < -0.4 is 14.1 Å². The van der Waals surface area contributed by atoms with Gasteiger partial charge in [0.05, 0.1) is 7.11 Å². The molecule has 148 valence electrons. The maximum Gasteiger partial charge on any atom is 0.380 e. The van der Waals surface area contributed by atoms with Crippen LogP contribution in [0.2, 0.25) is 0 Å². The van der Waals surface area contributed by atoms with Gasteiger partial charge < -0.3 is 8.92 Å². The molecule has 2 fully saturated rings. The van der Waals surface area contributed by atoms with Crippen molar-refractivity contribution in [1.82, 2.24) is 0 Å². The largest absolute Gasteiger partial charge is 0.493 e. The summed E-state index contributed by atoms with van der Waals surface area (Å²) in [6.07, 6.45) is 7.73. The van der Waals surface area contributed by atoms with Crippen molar-refractivity contribution in [1.29, 1.82) is 0 Å². The second kappa shape index (κ2) is 6.48. The van der Waals surface area contributed by atoms with Crippen molar-refractivity contribution in [2.75, 3.05) is 7.11 Å². The van der Waals surface area contributed by atoms with Crippen molar-refractivity contribution in [3.8, 4) is 11.5 Å². The lowest BCUT2D eigenvalue weighted by atomic mass is 9.54. The van der Waals surface area contributed by atoms with E-state index in [2.05, 4.69) is 6.92 Å². The van der Waals surface area contributed by atoms with Gasteiger partial charge in [0, 0.05) is 12.0 Å². The van der Waals surface area contributed by atoms with Crippen LogP contribution in [0.5, 0.6) is 11.5 Å². The lowest BCUT2D eigenvalue weighted by Gasteiger charge is -2.50. The number of nitrogens with two attached hydrogens (primary N) is 1. The van der Waals surface area contributed by atoms with Crippen molar-refractivity contribution in [2.45, 2.75) is 57.8 Å². The number of rotatable bonds is 4. The standard InChI is InChI=1S/C20H27NO5S/c1-3-20-7-4-5-16(20)14-9-17(22)15-11-19(26-27(21,23)24)18(25-2)10-13(15)12(14)6-8-20/h10-12,14,16H,3-9H2,1-2H3,(H2,21,23,24)/t12-,14-,16+,20+/m1/s1. The highest BCUT2D eigenvalue weighted by molar-refractivity contribution is 7.84. The number of benzene rings is 1. The number of hydrogen-bond acceptors (Lipinski definition) is 5. The highest BCUT2D eigenvalue weighted by Gasteiger charge is 2.53. The van der Waals surface area contributed by atoms with E-state index in [0.29, 0.717) is 40.9 Å². The summed E-state index contributed by atoms with van der Waals surface area (Å²) in [6.45, 7) is 2.29. The number of carbonyl (C=O) groups is 1. The first-order valence-electron chi connectivity index (χ1n) is 9.75. The molecule has 0 aliphatic heterocycles. The topological polar surface area (TPSA) is 95.7 Å². The highest BCUT2D eigenvalue weighted by Crippen LogP contribution is 2.62. The first-order chi connectivity index (χ1) is 12.8. The van der Waals surface area contributed by atoms with Gasteiger partial charge in [-0.15, -0.1) is 0 Å². The van der Waals surface area contributed by atoms with Crippen molar-refractivity contribution in [3.63, 3.8) is 0 Å². The molecule has 1 aromatic carbocycles. The molecule has 4 atom stereocenters. The van der Waals surface area contributed by atoms with Gasteiger partial charge in [-0.25, -0.2) is 0 Å². The van der Waals surface area contributed by atoms with E-state index in [1.807, 2.05) is 0 Å². The predicted octanol–water partition coefficient (Wildman–Crippen LogP) is 3.55. The molecule has 3 aliphatic carbocycles. The van der Waals surface area contributed by atoms with Gasteiger partial charge in [-0.05, 0) is 66.5 Å². The molecule has 6 nitrogen and oxygen atoms in total. The summed E-state index contributed by atoms with van der Waals surface area (Å²) >= 11 is 0. The van der Waals surface area contributed by atoms with E-state index in [1.54, 1.807) is 6.07 Å². The maximum atomic E-state index is 13.0. The third-order valence-electron chi connectivity index (χ3n) is 7.33. The Balaban J connectivity index is 1.77. The molecule has 0 saturated heterocycles. The number of fused-ring (bicyclic) bond motifs is 5.